The summed E-state index contributed by atoms with van der Waals surface area (Å²) in [4.78, 5) is 10.9. The largest absolute Gasteiger partial charge is 0.479 e. The van der Waals surface area contributed by atoms with Crippen LogP contribution >= 0.6 is 0 Å². The van der Waals surface area contributed by atoms with Gasteiger partial charge < -0.3 is 9.52 Å². The van der Waals surface area contributed by atoms with Gasteiger partial charge in [0.05, 0.1) is 6.26 Å². The minimum Gasteiger partial charge on any atom is -0.479 e. The van der Waals surface area contributed by atoms with Crippen molar-refractivity contribution >= 4 is 5.97 Å². The number of furan rings is 1. The van der Waals surface area contributed by atoms with E-state index < -0.39 is 11.5 Å². The molecule has 0 aromatic carbocycles. The fraction of sp³-hybridized carbons (Fsp3) is 0.444. The van der Waals surface area contributed by atoms with Crippen molar-refractivity contribution in [1.82, 2.24) is 0 Å². The first-order valence-corrected chi connectivity index (χ1v) is 4.31. The highest BCUT2D eigenvalue weighted by molar-refractivity contribution is 5.78. The average Bonchev–Trinajstić information content (AvgIpc) is 2.72. The highest BCUT2D eigenvalue weighted by Crippen LogP contribution is 2.36. The Morgan fingerprint density at radius 2 is 2.57 bits per heavy atom. The molecule has 2 heterocycles. The van der Waals surface area contributed by atoms with E-state index in [1.54, 1.807) is 25.3 Å². The number of carboxylic acids is 1. The predicted octanol–water partition coefficient (Wildman–Crippen LogP) is 2.02. The zero-order valence-corrected chi connectivity index (χ0v) is 7.67. The Labute approximate surface area is 80.4 Å². The maximum absolute atomic E-state index is 10.9. The number of azo groups is 1. The van der Waals surface area contributed by atoms with E-state index in [1.165, 1.54) is 0 Å². The molecule has 2 atom stereocenters. The summed E-state index contributed by atoms with van der Waals surface area (Å²) in [5.41, 5.74) is -1.10. The third-order valence-electron chi connectivity index (χ3n) is 2.34. The van der Waals surface area contributed by atoms with Crippen LogP contribution in [0.3, 0.4) is 0 Å². The summed E-state index contributed by atoms with van der Waals surface area (Å²) < 4.78 is 5.14. The molecule has 0 amide bonds. The van der Waals surface area contributed by atoms with E-state index in [0.29, 0.717) is 12.2 Å². The summed E-state index contributed by atoms with van der Waals surface area (Å²) in [6.07, 6.45) is 1.90. The van der Waals surface area contributed by atoms with Crippen LogP contribution in [0.5, 0.6) is 0 Å². The van der Waals surface area contributed by atoms with Gasteiger partial charge in [-0.1, -0.05) is 0 Å². The third-order valence-corrected chi connectivity index (χ3v) is 2.34. The highest BCUT2D eigenvalue weighted by Gasteiger charge is 2.41. The van der Waals surface area contributed by atoms with Crippen molar-refractivity contribution in [1.29, 1.82) is 0 Å². The van der Waals surface area contributed by atoms with Gasteiger partial charge in [0.2, 0.25) is 0 Å². The van der Waals surface area contributed by atoms with E-state index in [4.69, 9.17) is 9.52 Å². The second-order valence-corrected chi connectivity index (χ2v) is 3.53. The lowest BCUT2D eigenvalue weighted by Gasteiger charge is -2.12. The van der Waals surface area contributed by atoms with Crippen LogP contribution in [0.2, 0.25) is 0 Å². The molecule has 2 unspecified atom stereocenters. The number of aliphatic carboxylic acids is 1. The maximum atomic E-state index is 10.9. The molecule has 1 aliphatic heterocycles. The molecule has 5 heteroatoms. The Balaban J connectivity index is 2.18. The van der Waals surface area contributed by atoms with Crippen molar-refractivity contribution in [3.8, 4) is 0 Å². The summed E-state index contributed by atoms with van der Waals surface area (Å²) in [6, 6.07) is 3.27. The Morgan fingerprint density at radius 1 is 1.79 bits per heavy atom. The molecule has 1 aromatic rings. The van der Waals surface area contributed by atoms with Gasteiger partial charge in [-0.15, -0.1) is 0 Å². The van der Waals surface area contributed by atoms with E-state index in [1.807, 2.05) is 0 Å². The molecule has 0 saturated carbocycles. The third kappa shape index (κ3) is 1.30. The van der Waals surface area contributed by atoms with Crippen LogP contribution < -0.4 is 0 Å². The molecular formula is C9H10N2O3. The van der Waals surface area contributed by atoms with Crippen molar-refractivity contribution in [2.75, 3.05) is 0 Å². The molecular weight excluding hydrogens is 184 g/mol. The number of rotatable bonds is 2. The average molecular weight is 194 g/mol. The maximum Gasteiger partial charge on any atom is 0.333 e. The van der Waals surface area contributed by atoms with Crippen LogP contribution in [0.1, 0.15) is 25.1 Å². The van der Waals surface area contributed by atoms with Gasteiger partial charge in [0.25, 0.3) is 0 Å². The molecule has 1 aromatic heterocycles. The Kier molecular flexibility index (Phi) is 1.87. The van der Waals surface area contributed by atoms with Gasteiger partial charge in [-0.3, -0.25) is 0 Å². The zero-order chi connectivity index (χ0) is 10.2. The lowest BCUT2D eigenvalue weighted by atomic mass is 9.95. The second kappa shape index (κ2) is 2.94. The van der Waals surface area contributed by atoms with Gasteiger partial charge in [0, 0.05) is 6.42 Å². The van der Waals surface area contributed by atoms with E-state index in [-0.39, 0.29) is 6.04 Å². The molecule has 14 heavy (non-hydrogen) atoms. The first-order chi connectivity index (χ1) is 6.62. The Hall–Kier alpha value is -1.65. The van der Waals surface area contributed by atoms with Gasteiger partial charge in [-0.2, -0.15) is 10.2 Å². The minimum absolute atomic E-state index is 0.258. The van der Waals surface area contributed by atoms with Crippen molar-refractivity contribution < 1.29 is 14.3 Å². The molecule has 0 spiro atoms. The summed E-state index contributed by atoms with van der Waals surface area (Å²) in [5.74, 6) is -0.283. The Morgan fingerprint density at radius 3 is 3.07 bits per heavy atom. The number of hydrogen-bond acceptors (Lipinski definition) is 4. The molecule has 0 radical (unpaired) electrons. The van der Waals surface area contributed by atoms with Crippen LogP contribution in [-0.2, 0) is 4.79 Å². The summed E-state index contributed by atoms with van der Waals surface area (Å²) in [7, 11) is 0. The summed E-state index contributed by atoms with van der Waals surface area (Å²) in [5, 5.41) is 16.6. The molecule has 1 aliphatic rings. The van der Waals surface area contributed by atoms with Crippen LogP contribution in [0.25, 0.3) is 0 Å². The van der Waals surface area contributed by atoms with Crippen LogP contribution in [0, 0.1) is 0 Å². The van der Waals surface area contributed by atoms with E-state index in [9.17, 15) is 4.79 Å². The molecule has 5 nitrogen and oxygen atoms in total. The molecule has 0 bridgehead atoms. The molecule has 0 saturated heterocycles. The van der Waals surface area contributed by atoms with Crippen molar-refractivity contribution in [3.63, 3.8) is 0 Å². The zero-order valence-electron chi connectivity index (χ0n) is 7.67. The first-order valence-electron chi connectivity index (χ1n) is 4.31. The second-order valence-electron chi connectivity index (χ2n) is 3.53. The topological polar surface area (TPSA) is 75.2 Å². The molecule has 0 aliphatic carbocycles. The minimum atomic E-state index is -1.10. The quantitative estimate of drug-likeness (QED) is 0.782. The van der Waals surface area contributed by atoms with Crippen molar-refractivity contribution in [2.45, 2.75) is 24.9 Å². The number of carbonyl (C=O) groups is 1. The van der Waals surface area contributed by atoms with Gasteiger partial charge in [0.15, 0.2) is 5.54 Å². The fourth-order valence-electron chi connectivity index (χ4n) is 1.42. The predicted molar refractivity (Wildman–Crippen MR) is 47.0 cm³/mol. The lowest BCUT2D eigenvalue weighted by Crippen LogP contribution is -2.30. The van der Waals surface area contributed by atoms with Gasteiger partial charge in [-0.25, -0.2) is 4.79 Å². The van der Waals surface area contributed by atoms with E-state index in [0.717, 1.165) is 0 Å². The van der Waals surface area contributed by atoms with E-state index >= 15 is 0 Å². The van der Waals surface area contributed by atoms with Crippen LogP contribution in [0.15, 0.2) is 33.0 Å². The van der Waals surface area contributed by atoms with Crippen LogP contribution in [-0.4, -0.2) is 16.6 Å². The van der Waals surface area contributed by atoms with Crippen LogP contribution in [0.4, 0.5) is 0 Å². The highest BCUT2D eigenvalue weighted by atomic mass is 16.4. The van der Waals surface area contributed by atoms with Gasteiger partial charge in [-0.05, 0) is 19.1 Å². The number of carboxylic acid groups (broad SMARTS) is 1. The lowest BCUT2D eigenvalue weighted by molar-refractivity contribution is -0.142. The fourth-order valence-corrected chi connectivity index (χ4v) is 1.42. The molecule has 2 rings (SSSR count). The normalized spacial score (nSPS) is 30.8. The molecule has 74 valence electrons. The smallest absolute Gasteiger partial charge is 0.333 e. The van der Waals surface area contributed by atoms with Crippen molar-refractivity contribution in [2.24, 2.45) is 10.2 Å². The number of nitrogens with zero attached hydrogens (tertiary/aromatic N) is 2. The van der Waals surface area contributed by atoms with Crippen molar-refractivity contribution in [3.05, 3.63) is 24.2 Å². The molecule has 1 N–H and O–H groups in total. The van der Waals surface area contributed by atoms with Gasteiger partial charge >= 0.3 is 5.97 Å². The van der Waals surface area contributed by atoms with E-state index in [2.05, 4.69) is 10.2 Å². The standard InChI is InChI=1S/C9H10N2O3/c1-9(8(12)13)5-6(10-11-9)7-3-2-4-14-7/h2-4,6H,5H2,1H3,(H,12,13). The SMILES string of the molecule is CC1(C(=O)O)CC(c2ccco2)N=N1. The Bertz CT molecular complexity index is 371. The molecule has 0 fully saturated rings. The summed E-state index contributed by atoms with van der Waals surface area (Å²) in [6.45, 7) is 1.56. The first kappa shape index (κ1) is 8.93. The monoisotopic (exact) mass is 194 g/mol. The summed E-state index contributed by atoms with van der Waals surface area (Å²) >= 11 is 0. The number of hydrogen-bond donors (Lipinski definition) is 1. The van der Waals surface area contributed by atoms with Gasteiger partial charge in [0.1, 0.15) is 11.8 Å².